The van der Waals surface area contributed by atoms with Gasteiger partial charge < -0.3 is 5.32 Å². The Morgan fingerprint density at radius 2 is 1.70 bits per heavy atom. The second-order valence-electron chi connectivity index (χ2n) is 6.79. The van der Waals surface area contributed by atoms with Crippen LogP contribution in [0.1, 0.15) is 15.9 Å². The van der Waals surface area contributed by atoms with E-state index in [2.05, 4.69) is 10.0 Å². The van der Waals surface area contributed by atoms with Crippen LogP contribution < -0.4 is 10.0 Å². The minimum absolute atomic E-state index is 0.0859. The molecule has 172 valence electrons. The first-order valence-electron chi connectivity index (χ1n) is 9.40. The third kappa shape index (κ3) is 5.54. The van der Waals surface area contributed by atoms with E-state index in [0.717, 1.165) is 40.8 Å². The van der Waals surface area contributed by atoms with Crippen LogP contribution >= 0.6 is 11.6 Å². The summed E-state index contributed by atoms with van der Waals surface area (Å²) < 4.78 is 27.7. The Morgan fingerprint density at radius 1 is 1.06 bits per heavy atom. The van der Waals surface area contributed by atoms with Crippen molar-refractivity contribution in [2.45, 2.75) is 10.8 Å². The number of halogens is 1. The molecule has 1 heterocycles. The number of nitro benzene ring substituents is 1. The van der Waals surface area contributed by atoms with Gasteiger partial charge in [0.15, 0.2) is 4.90 Å². The summed E-state index contributed by atoms with van der Waals surface area (Å²) in [5, 5.41) is 13.9. The first kappa shape index (κ1) is 23.9. The van der Waals surface area contributed by atoms with Gasteiger partial charge in [-0.3, -0.25) is 34.1 Å². The highest BCUT2D eigenvalue weighted by Crippen LogP contribution is 2.27. The SMILES string of the molecule is O=C(NCCN1C(=O)C=CC1=O)c1ccc(S(=O)(=O)Nc2ccc(CCl)cc2)c([N+](=O)[O-])c1. The summed E-state index contributed by atoms with van der Waals surface area (Å²) >= 11 is 5.70. The number of anilines is 1. The summed E-state index contributed by atoms with van der Waals surface area (Å²) in [7, 11) is -4.34. The lowest BCUT2D eigenvalue weighted by Gasteiger charge is -2.14. The molecule has 11 nitrogen and oxygen atoms in total. The first-order chi connectivity index (χ1) is 15.6. The van der Waals surface area contributed by atoms with Gasteiger partial charge in [-0.2, -0.15) is 0 Å². The highest BCUT2D eigenvalue weighted by molar-refractivity contribution is 7.92. The molecule has 13 heteroatoms. The lowest BCUT2D eigenvalue weighted by atomic mass is 10.2. The summed E-state index contributed by atoms with van der Waals surface area (Å²) in [5.41, 5.74) is -0.0119. The molecule has 0 fully saturated rings. The molecule has 0 aliphatic carbocycles. The molecule has 0 saturated heterocycles. The molecule has 0 atom stereocenters. The van der Waals surface area contributed by atoms with E-state index in [1.807, 2.05) is 0 Å². The molecule has 2 aromatic carbocycles. The molecule has 0 radical (unpaired) electrons. The molecule has 33 heavy (non-hydrogen) atoms. The van der Waals surface area contributed by atoms with Crippen molar-refractivity contribution in [1.29, 1.82) is 0 Å². The van der Waals surface area contributed by atoms with Gasteiger partial charge >= 0.3 is 0 Å². The number of rotatable bonds is 9. The second kappa shape index (κ2) is 9.79. The smallest absolute Gasteiger partial charge is 0.290 e. The predicted octanol–water partition coefficient (Wildman–Crippen LogP) is 1.79. The molecule has 0 aromatic heterocycles. The lowest BCUT2D eigenvalue weighted by Crippen LogP contribution is -2.38. The van der Waals surface area contributed by atoms with Crippen LogP contribution in [0, 0.1) is 10.1 Å². The number of alkyl halides is 1. The number of benzene rings is 2. The monoisotopic (exact) mass is 492 g/mol. The maximum Gasteiger partial charge on any atom is 0.290 e. The fourth-order valence-corrected chi connectivity index (χ4v) is 4.33. The normalized spacial score (nSPS) is 13.3. The predicted molar refractivity (Wildman–Crippen MR) is 118 cm³/mol. The summed E-state index contributed by atoms with van der Waals surface area (Å²) in [6, 6.07) is 9.07. The number of nitrogens with one attached hydrogen (secondary N) is 2. The van der Waals surface area contributed by atoms with Gasteiger partial charge in [0.25, 0.3) is 33.4 Å². The number of amides is 3. The average Bonchev–Trinajstić information content (AvgIpc) is 3.11. The fraction of sp³-hybridized carbons (Fsp3) is 0.150. The van der Waals surface area contributed by atoms with E-state index in [1.54, 1.807) is 12.1 Å². The van der Waals surface area contributed by atoms with Crippen LogP contribution in [-0.2, 0) is 25.5 Å². The second-order valence-corrected chi connectivity index (χ2v) is 8.71. The largest absolute Gasteiger partial charge is 0.350 e. The van der Waals surface area contributed by atoms with Crippen LogP contribution in [0.15, 0.2) is 59.5 Å². The summed E-state index contributed by atoms with van der Waals surface area (Å²) in [6.45, 7) is -0.177. The van der Waals surface area contributed by atoms with E-state index in [1.165, 1.54) is 12.1 Å². The highest BCUT2D eigenvalue weighted by Gasteiger charge is 2.28. The number of nitro groups is 1. The van der Waals surface area contributed by atoms with E-state index >= 15 is 0 Å². The number of carbonyl (C=O) groups excluding carboxylic acids is 3. The van der Waals surface area contributed by atoms with Crippen LogP contribution in [0.25, 0.3) is 0 Å². The van der Waals surface area contributed by atoms with Gasteiger partial charge in [0, 0.05) is 48.4 Å². The zero-order valence-corrected chi connectivity index (χ0v) is 18.4. The molecule has 1 aliphatic heterocycles. The number of hydrogen-bond donors (Lipinski definition) is 2. The first-order valence-corrected chi connectivity index (χ1v) is 11.4. The van der Waals surface area contributed by atoms with Crippen molar-refractivity contribution in [3.8, 4) is 0 Å². The number of nitrogens with zero attached hydrogens (tertiary/aromatic N) is 2. The molecule has 1 aliphatic rings. The molecule has 0 unspecified atom stereocenters. The number of sulfonamides is 1. The molecule has 2 N–H and O–H groups in total. The lowest BCUT2D eigenvalue weighted by molar-refractivity contribution is -0.387. The van der Waals surface area contributed by atoms with Gasteiger partial charge in [-0.1, -0.05) is 12.1 Å². The van der Waals surface area contributed by atoms with Crippen LogP contribution in [0.5, 0.6) is 0 Å². The summed E-state index contributed by atoms with van der Waals surface area (Å²) in [5.74, 6) is -1.52. The summed E-state index contributed by atoms with van der Waals surface area (Å²) in [4.78, 5) is 46.3. The Kier molecular flexibility index (Phi) is 7.09. The Labute approximate surface area is 193 Å². The highest BCUT2D eigenvalue weighted by atomic mass is 35.5. The zero-order chi connectivity index (χ0) is 24.2. The van der Waals surface area contributed by atoms with Gasteiger partial charge in [-0.25, -0.2) is 8.42 Å². The molecule has 0 spiro atoms. The van der Waals surface area contributed by atoms with Crippen LogP contribution in [0.3, 0.4) is 0 Å². The van der Waals surface area contributed by atoms with Crippen LogP contribution in [0.2, 0.25) is 0 Å². The molecule has 2 aromatic rings. The van der Waals surface area contributed by atoms with Crippen molar-refractivity contribution < 1.29 is 27.7 Å². The minimum Gasteiger partial charge on any atom is -0.350 e. The zero-order valence-electron chi connectivity index (χ0n) is 16.9. The van der Waals surface area contributed by atoms with Crippen LogP contribution in [-0.4, -0.2) is 49.1 Å². The third-order valence-electron chi connectivity index (χ3n) is 4.59. The van der Waals surface area contributed by atoms with E-state index in [0.29, 0.717) is 0 Å². The molecule has 0 bridgehead atoms. The Hall–Kier alpha value is -3.77. The van der Waals surface area contributed by atoms with Gasteiger partial charge in [-0.05, 0) is 29.8 Å². The van der Waals surface area contributed by atoms with E-state index in [4.69, 9.17) is 11.6 Å². The molecular weight excluding hydrogens is 476 g/mol. The fourth-order valence-electron chi connectivity index (χ4n) is 2.94. The molecule has 3 amide bonds. The molecular formula is C20H17ClN4O7S. The van der Waals surface area contributed by atoms with Crippen molar-refractivity contribution in [1.82, 2.24) is 10.2 Å². The maximum atomic E-state index is 12.7. The van der Waals surface area contributed by atoms with Gasteiger partial charge in [0.2, 0.25) is 0 Å². The van der Waals surface area contributed by atoms with Crippen molar-refractivity contribution in [3.63, 3.8) is 0 Å². The van der Waals surface area contributed by atoms with Crippen molar-refractivity contribution in [2.75, 3.05) is 17.8 Å². The Bertz CT molecular complexity index is 1240. The van der Waals surface area contributed by atoms with Crippen molar-refractivity contribution >= 4 is 50.7 Å². The average molecular weight is 493 g/mol. The molecule has 3 rings (SSSR count). The van der Waals surface area contributed by atoms with Gasteiger partial charge in [0.05, 0.1) is 4.92 Å². The minimum atomic E-state index is -4.34. The third-order valence-corrected chi connectivity index (χ3v) is 6.33. The van der Waals surface area contributed by atoms with Gasteiger partial charge in [-0.15, -0.1) is 11.6 Å². The summed E-state index contributed by atoms with van der Waals surface area (Å²) in [6.07, 6.45) is 2.21. The number of imide groups is 1. The molecule has 0 saturated carbocycles. The van der Waals surface area contributed by atoms with Crippen LogP contribution in [0.4, 0.5) is 11.4 Å². The Morgan fingerprint density at radius 3 is 2.27 bits per heavy atom. The topological polar surface area (TPSA) is 156 Å². The Balaban J connectivity index is 1.75. The van der Waals surface area contributed by atoms with E-state index < -0.39 is 43.3 Å². The quantitative estimate of drug-likeness (QED) is 0.234. The van der Waals surface area contributed by atoms with E-state index in [9.17, 15) is 32.9 Å². The van der Waals surface area contributed by atoms with Crippen molar-refractivity contribution in [2.24, 2.45) is 0 Å². The standard InChI is InChI=1S/C20H17ClN4O7S/c21-12-13-1-4-15(5-2-13)23-33(31,32)17-6-3-14(11-16(17)25(29)30)20(28)22-9-10-24-18(26)7-8-19(24)27/h1-8,11,23H,9-10,12H2,(H,22,28). The van der Waals surface area contributed by atoms with Crippen molar-refractivity contribution in [3.05, 3.63) is 75.9 Å². The van der Waals surface area contributed by atoms with Gasteiger partial charge in [0.1, 0.15) is 0 Å². The number of hydrogen-bond acceptors (Lipinski definition) is 7. The number of carbonyl (C=O) groups is 3. The van der Waals surface area contributed by atoms with E-state index in [-0.39, 0.29) is 30.2 Å². The maximum absolute atomic E-state index is 12.7.